The van der Waals surface area contributed by atoms with Gasteiger partial charge in [-0.05, 0) is 25.7 Å². The summed E-state index contributed by atoms with van der Waals surface area (Å²) in [5.74, 6) is 0.176. The molecule has 0 spiro atoms. The van der Waals surface area contributed by atoms with E-state index in [0.29, 0.717) is 25.4 Å². The van der Waals surface area contributed by atoms with E-state index in [1.807, 2.05) is 0 Å². The lowest BCUT2D eigenvalue weighted by Gasteiger charge is -2.37. The summed E-state index contributed by atoms with van der Waals surface area (Å²) in [5, 5.41) is 8.55. The molecule has 0 aromatic rings. The molecule has 1 fully saturated rings. The van der Waals surface area contributed by atoms with Gasteiger partial charge in [0.1, 0.15) is 0 Å². The van der Waals surface area contributed by atoms with Gasteiger partial charge in [0, 0.05) is 33.5 Å². The molecule has 0 aromatic carbocycles. The van der Waals surface area contributed by atoms with Crippen LogP contribution in [0.4, 0.5) is 0 Å². The molecule has 0 saturated heterocycles. The summed E-state index contributed by atoms with van der Waals surface area (Å²) < 4.78 is 14.9. The van der Waals surface area contributed by atoms with Gasteiger partial charge >= 0.3 is 0 Å². The molecule has 104 valence electrons. The Bertz CT molecular complexity index is 248. The number of nitrogens with zero attached hydrogens (tertiary/aromatic N) is 1. The summed E-state index contributed by atoms with van der Waals surface area (Å²) in [7, 11) is 3.38. The highest BCUT2D eigenvalue weighted by molar-refractivity contribution is 5.36. The largest absolute Gasteiger partial charge is 0.468 e. The first kappa shape index (κ1) is 16.9. The quantitative estimate of drug-likeness (QED) is 0.558. The third kappa shape index (κ3) is 5.99. The van der Waals surface area contributed by atoms with E-state index in [4.69, 9.17) is 14.7 Å². The Morgan fingerprint density at radius 1 is 1.33 bits per heavy atom. The van der Waals surface area contributed by atoms with Crippen LogP contribution in [0.2, 0.25) is 0 Å². The van der Waals surface area contributed by atoms with Gasteiger partial charge in [-0.1, -0.05) is 0 Å². The maximum Gasteiger partial charge on any atom is 0.293 e. The maximum atomic E-state index is 9.18. The molecule has 0 aromatic heterocycles. The van der Waals surface area contributed by atoms with Crippen molar-refractivity contribution in [1.29, 1.82) is 5.26 Å². The van der Waals surface area contributed by atoms with E-state index >= 15 is 0 Å². The van der Waals surface area contributed by atoms with Crippen LogP contribution >= 0.6 is 0 Å². The second kappa shape index (κ2) is 9.86. The van der Waals surface area contributed by atoms with Gasteiger partial charge in [0.05, 0.1) is 12.7 Å². The van der Waals surface area contributed by atoms with E-state index in [2.05, 4.69) is 10.8 Å². The Kier molecular flexibility index (Phi) is 9.25. The van der Waals surface area contributed by atoms with Crippen LogP contribution in [0.3, 0.4) is 0 Å². The van der Waals surface area contributed by atoms with Crippen molar-refractivity contribution < 1.29 is 19.0 Å². The van der Waals surface area contributed by atoms with Crippen LogP contribution in [0.15, 0.2) is 0 Å². The average Bonchev–Trinajstić information content (AvgIpc) is 2.42. The third-order valence-corrected chi connectivity index (χ3v) is 3.23. The van der Waals surface area contributed by atoms with Crippen molar-refractivity contribution in [3.05, 3.63) is 0 Å². The maximum absolute atomic E-state index is 9.18. The van der Waals surface area contributed by atoms with Gasteiger partial charge in [-0.25, -0.2) is 0 Å². The Balaban J connectivity index is 0.000000494. The summed E-state index contributed by atoms with van der Waals surface area (Å²) in [5.41, 5.74) is 0. The molecule has 18 heavy (non-hydrogen) atoms. The fraction of sp³-hybridized carbons (Fsp3) is 0.846. The van der Waals surface area contributed by atoms with Crippen molar-refractivity contribution >= 4 is 6.47 Å². The van der Waals surface area contributed by atoms with Gasteiger partial charge < -0.3 is 14.2 Å². The molecule has 5 nitrogen and oxygen atoms in total. The lowest BCUT2D eigenvalue weighted by atomic mass is 9.83. The molecule has 0 aliphatic heterocycles. The second-order valence-corrected chi connectivity index (χ2v) is 4.18. The number of hydrogen-bond donors (Lipinski definition) is 0. The highest BCUT2D eigenvalue weighted by Crippen LogP contribution is 2.36. The fourth-order valence-electron chi connectivity index (χ4n) is 2.01. The normalized spacial score (nSPS) is 18.1. The topological polar surface area (TPSA) is 68.6 Å². The number of methoxy groups -OCH3 is 2. The SMILES string of the molecule is CCOC=O.COC1(OC)CCC(CC#N)CC1. The van der Waals surface area contributed by atoms with E-state index in [-0.39, 0.29) is 5.79 Å². The van der Waals surface area contributed by atoms with Crippen LogP contribution in [-0.4, -0.2) is 33.1 Å². The summed E-state index contributed by atoms with van der Waals surface area (Å²) in [6.07, 6.45) is 4.56. The number of nitriles is 1. The first-order valence-corrected chi connectivity index (χ1v) is 6.20. The van der Waals surface area contributed by atoms with Gasteiger partial charge in [-0.3, -0.25) is 4.79 Å². The average molecular weight is 257 g/mol. The van der Waals surface area contributed by atoms with Gasteiger partial charge in [0.15, 0.2) is 5.79 Å². The first-order chi connectivity index (χ1) is 8.67. The van der Waals surface area contributed by atoms with Gasteiger partial charge in [0.25, 0.3) is 6.47 Å². The monoisotopic (exact) mass is 257 g/mol. The predicted octanol–water partition coefficient (Wildman–Crippen LogP) is 2.26. The minimum Gasteiger partial charge on any atom is -0.468 e. The van der Waals surface area contributed by atoms with Crippen molar-refractivity contribution in [3.63, 3.8) is 0 Å². The standard InChI is InChI=1S/C10H17NO2.C3H6O2/c1-12-10(13-2)6-3-9(4-7-10)5-8-11;1-2-5-3-4/h9H,3-7H2,1-2H3;3H,2H2,1H3. The Labute approximate surface area is 109 Å². The van der Waals surface area contributed by atoms with E-state index in [1.54, 1.807) is 21.1 Å². The summed E-state index contributed by atoms with van der Waals surface area (Å²) >= 11 is 0. The molecule has 0 radical (unpaired) electrons. The van der Waals surface area contributed by atoms with Crippen molar-refractivity contribution in [1.82, 2.24) is 0 Å². The van der Waals surface area contributed by atoms with Gasteiger partial charge in [-0.2, -0.15) is 5.26 Å². The van der Waals surface area contributed by atoms with Gasteiger partial charge in [0.2, 0.25) is 0 Å². The molecule has 0 amide bonds. The van der Waals surface area contributed by atoms with Crippen LogP contribution in [0.5, 0.6) is 0 Å². The molecule has 0 atom stereocenters. The molecular weight excluding hydrogens is 234 g/mol. The summed E-state index contributed by atoms with van der Waals surface area (Å²) in [4.78, 5) is 9.18. The second-order valence-electron chi connectivity index (χ2n) is 4.18. The van der Waals surface area contributed by atoms with E-state index in [1.165, 1.54) is 0 Å². The zero-order valence-corrected chi connectivity index (χ0v) is 11.5. The summed E-state index contributed by atoms with van der Waals surface area (Å²) in [6.45, 7) is 2.66. The number of hydrogen-bond acceptors (Lipinski definition) is 5. The van der Waals surface area contributed by atoms with Crippen molar-refractivity contribution in [2.45, 2.75) is 44.8 Å². The minimum absolute atomic E-state index is 0.369. The highest BCUT2D eigenvalue weighted by Gasteiger charge is 2.34. The van der Waals surface area contributed by atoms with Crippen molar-refractivity contribution in [2.75, 3.05) is 20.8 Å². The Hall–Kier alpha value is -1.12. The van der Waals surface area contributed by atoms with Gasteiger partial charge in [-0.15, -0.1) is 0 Å². The van der Waals surface area contributed by atoms with E-state index in [9.17, 15) is 4.79 Å². The minimum atomic E-state index is -0.369. The Morgan fingerprint density at radius 3 is 2.17 bits per heavy atom. The molecule has 0 unspecified atom stereocenters. The fourth-order valence-corrected chi connectivity index (χ4v) is 2.01. The molecule has 1 aliphatic carbocycles. The molecule has 1 aliphatic rings. The molecule has 0 bridgehead atoms. The smallest absolute Gasteiger partial charge is 0.293 e. The molecule has 5 heteroatoms. The molecule has 1 saturated carbocycles. The lowest BCUT2D eigenvalue weighted by Crippen LogP contribution is -2.37. The molecule has 1 rings (SSSR count). The predicted molar refractivity (Wildman–Crippen MR) is 66.6 cm³/mol. The van der Waals surface area contributed by atoms with Crippen LogP contribution in [0.1, 0.15) is 39.0 Å². The van der Waals surface area contributed by atoms with Crippen molar-refractivity contribution in [3.8, 4) is 6.07 Å². The number of carbonyl (C=O) groups excluding carboxylic acids is 1. The summed E-state index contributed by atoms with van der Waals surface area (Å²) in [6, 6.07) is 2.22. The third-order valence-electron chi connectivity index (χ3n) is 3.23. The number of ether oxygens (including phenoxy) is 3. The highest BCUT2D eigenvalue weighted by atomic mass is 16.7. The zero-order valence-electron chi connectivity index (χ0n) is 11.5. The van der Waals surface area contributed by atoms with Crippen molar-refractivity contribution in [2.24, 2.45) is 5.92 Å². The zero-order chi connectivity index (χ0) is 13.9. The first-order valence-electron chi connectivity index (χ1n) is 6.20. The van der Waals surface area contributed by atoms with Crippen LogP contribution in [0.25, 0.3) is 0 Å². The number of rotatable bonds is 5. The lowest BCUT2D eigenvalue weighted by molar-refractivity contribution is -0.227. The molecule has 0 heterocycles. The van der Waals surface area contributed by atoms with E-state index in [0.717, 1.165) is 25.7 Å². The van der Waals surface area contributed by atoms with Crippen LogP contribution < -0.4 is 0 Å². The van der Waals surface area contributed by atoms with Crippen LogP contribution in [0, 0.1) is 17.2 Å². The van der Waals surface area contributed by atoms with Crippen LogP contribution in [-0.2, 0) is 19.0 Å². The molecular formula is C13H23NO4. The van der Waals surface area contributed by atoms with E-state index < -0.39 is 0 Å². The number of carbonyl (C=O) groups is 1. The Morgan fingerprint density at radius 2 is 1.89 bits per heavy atom. The molecule has 0 N–H and O–H groups in total.